The number of esters is 1. The molecule has 2 aromatic carbocycles. The van der Waals surface area contributed by atoms with E-state index >= 15 is 0 Å². The van der Waals surface area contributed by atoms with Gasteiger partial charge < -0.3 is 24.3 Å². The lowest BCUT2D eigenvalue weighted by molar-refractivity contribution is 0.0527. The SMILES string of the molecule is CCOC(=O)c1ccccc1NC(=O)c1cc(OC)c(OC)c(OC)c1. The number of carbonyl (C=O) groups excluding carboxylic acids is 2. The highest BCUT2D eigenvalue weighted by Gasteiger charge is 2.19. The van der Waals surface area contributed by atoms with Crippen LogP contribution in [0.3, 0.4) is 0 Å². The summed E-state index contributed by atoms with van der Waals surface area (Å²) in [4.78, 5) is 24.7. The van der Waals surface area contributed by atoms with Crippen LogP contribution in [0.15, 0.2) is 36.4 Å². The topological polar surface area (TPSA) is 83.1 Å². The van der Waals surface area contributed by atoms with Crippen molar-refractivity contribution in [3.8, 4) is 17.2 Å². The molecular weight excluding hydrogens is 338 g/mol. The minimum absolute atomic E-state index is 0.244. The molecule has 0 heterocycles. The van der Waals surface area contributed by atoms with E-state index in [0.717, 1.165) is 0 Å². The van der Waals surface area contributed by atoms with Gasteiger partial charge >= 0.3 is 5.97 Å². The zero-order valence-electron chi connectivity index (χ0n) is 15.1. The molecule has 2 rings (SSSR count). The maximum Gasteiger partial charge on any atom is 0.340 e. The molecule has 0 saturated heterocycles. The summed E-state index contributed by atoms with van der Waals surface area (Å²) in [6.07, 6.45) is 0. The molecule has 0 atom stereocenters. The first kappa shape index (κ1) is 19.1. The molecule has 26 heavy (non-hydrogen) atoms. The number of anilines is 1. The minimum Gasteiger partial charge on any atom is -0.493 e. The van der Waals surface area contributed by atoms with Gasteiger partial charge in [-0.3, -0.25) is 4.79 Å². The van der Waals surface area contributed by atoms with E-state index in [2.05, 4.69) is 5.32 Å². The Bertz CT molecular complexity index is 777. The van der Waals surface area contributed by atoms with Gasteiger partial charge in [-0.05, 0) is 31.2 Å². The summed E-state index contributed by atoms with van der Waals surface area (Å²) in [5.74, 6) is 0.166. The summed E-state index contributed by atoms with van der Waals surface area (Å²) in [5.41, 5.74) is 0.915. The number of methoxy groups -OCH3 is 3. The van der Waals surface area contributed by atoms with Crippen molar-refractivity contribution >= 4 is 17.6 Å². The Kier molecular flexibility index (Phi) is 6.43. The van der Waals surface area contributed by atoms with Gasteiger partial charge in [0, 0.05) is 5.56 Å². The smallest absolute Gasteiger partial charge is 0.340 e. The maximum atomic E-state index is 12.7. The largest absolute Gasteiger partial charge is 0.493 e. The number of rotatable bonds is 7. The molecule has 0 aliphatic carbocycles. The third-order valence-electron chi connectivity index (χ3n) is 3.60. The van der Waals surface area contributed by atoms with Gasteiger partial charge in [0.1, 0.15) is 0 Å². The molecule has 0 spiro atoms. The van der Waals surface area contributed by atoms with Gasteiger partial charge in [0.05, 0.1) is 39.2 Å². The third kappa shape index (κ3) is 4.05. The van der Waals surface area contributed by atoms with E-state index in [1.807, 2.05) is 0 Å². The first-order chi connectivity index (χ1) is 12.5. The molecule has 7 nitrogen and oxygen atoms in total. The Hall–Kier alpha value is -3.22. The fraction of sp³-hybridized carbons (Fsp3) is 0.263. The predicted octanol–water partition coefficient (Wildman–Crippen LogP) is 3.14. The predicted molar refractivity (Wildman–Crippen MR) is 96.4 cm³/mol. The van der Waals surface area contributed by atoms with Gasteiger partial charge in [0.15, 0.2) is 11.5 Å². The number of hydrogen-bond donors (Lipinski definition) is 1. The monoisotopic (exact) mass is 359 g/mol. The van der Waals surface area contributed by atoms with E-state index in [1.54, 1.807) is 31.2 Å². The number of para-hydroxylation sites is 1. The zero-order valence-corrected chi connectivity index (χ0v) is 15.1. The average Bonchev–Trinajstić information content (AvgIpc) is 2.67. The molecule has 0 aliphatic heterocycles. The fourth-order valence-corrected chi connectivity index (χ4v) is 2.39. The van der Waals surface area contributed by atoms with Gasteiger partial charge in [-0.2, -0.15) is 0 Å². The summed E-state index contributed by atoms with van der Waals surface area (Å²) in [5, 5.41) is 2.71. The number of hydrogen-bond acceptors (Lipinski definition) is 6. The van der Waals surface area contributed by atoms with Gasteiger partial charge in [-0.1, -0.05) is 12.1 Å². The van der Waals surface area contributed by atoms with Gasteiger partial charge in [-0.25, -0.2) is 4.79 Å². The molecule has 138 valence electrons. The Morgan fingerprint density at radius 1 is 0.962 bits per heavy atom. The number of ether oxygens (including phenoxy) is 4. The Balaban J connectivity index is 2.35. The maximum absolute atomic E-state index is 12.7. The van der Waals surface area contributed by atoms with Crippen molar-refractivity contribution in [1.29, 1.82) is 0 Å². The Labute approximate surface area is 151 Å². The highest BCUT2D eigenvalue weighted by atomic mass is 16.5. The first-order valence-corrected chi connectivity index (χ1v) is 7.93. The van der Waals surface area contributed by atoms with Gasteiger partial charge in [0.25, 0.3) is 5.91 Å². The van der Waals surface area contributed by atoms with Crippen molar-refractivity contribution in [2.24, 2.45) is 0 Å². The summed E-state index contributed by atoms with van der Waals surface area (Å²) in [6.45, 7) is 1.96. The van der Waals surface area contributed by atoms with Crippen LogP contribution in [-0.4, -0.2) is 39.8 Å². The van der Waals surface area contributed by atoms with Crippen LogP contribution in [0.5, 0.6) is 17.2 Å². The molecule has 0 unspecified atom stereocenters. The lowest BCUT2D eigenvalue weighted by Gasteiger charge is -2.15. The number of nitrogens with one attached hydrogen (secondary N) is 1. The van der Waals surface area contributed by atoms with Crippen molar-refractivity contribution in [3.05, 3.63) is 47.5 Å². The van der Waals surface area contributed by atoms with E-state index in [-0.39, 0.29) is 17.7 Å². The molecule has 0 bridgehead atoms. The highest BCUT2D eigenvalue weighted by molar-refractivity contribution is 6.08. The van der Waals surface area contributed by atoms with Crippen LogP contribution in [0, 0.1) is 0 Å². The average molecular weight is 359 g/mol. The third-order valence-corrected chi connectivity index (χ3v) is 3.60. The lowest BCUT2D eigenvalue weighted by atomic mass is 10.1. The molecule has 0 radical (unpaired) electrons. The summed E-state index contributed by atoms with van der Waals surface area (Å²) >= 11 is 0. The number of benzene rings is 2. The Morgan fingerprint density at radius 2 is 1.58 bits per heavy atom. The second-order valence-electron chi connectivity index (χ2n) is 5.13. The van der Waals surface area contributed by atoms with Crippen LogP contribution in [0.25, 0.3) is 0 Å². The fourth-order valence-electron chi connectivity index (χ4n) is 2.39. The van der Waals surface area contributed by atoms with Crippen LogP contribution in [0.1, 0.15) is 27.6 Å². The van der Waals surface area contributed by atoms with Crippen molar-refractivity contribution in [2.45, 2.75) is 6.92 Å². The quantitative estimate of drug-likeness (QED) is 0.765. The van der Waals surface area contributed by atoms with E-state index in [1.165, 1.54) is 33.5 Å². The molecular formula is C19H21NO6. The second-order valence-corrected chi connectivity index (χ2v) is 5.13. The van der Waals surface area contributed by atoms with Crippen LogP contribution in [-0.2, 0) is 4.74 Å². The second kappa shape index (κ2) is 8.75. The van der Waals surface area contributed by atoms with Crippen molar-refractivity contribution < 1.29 is 28.5 Å². The molecule has 0 fully saturated rings. The molecule has 0 aliphatic rings. The minimum atomic E-state index is -0.506. The molecule has 1 N–H and O–H groups in total. The normalized spacial score (nSPS) is 10.0. The van der Waals surface area contributed by atoms with E-state index in [0.29, 0.717) is 22.9 Å². The van der Waals surface area contributed by atoms with Crippen molar-refractivity contribution in [3.63, 3.8) is 0 Å². The molecule has 0 saturated carbocycles. The number of amides is 1. The van der Waals surface area contributed by atoms with Crippen molar-refractivity contribution in [1.82, 2.24) is 0 Å². The van der Waals surface area contributed by atoms with Gasteiger partial charge in [-0.15, -0.1) is 0 Å². The molecule has 0 aromatic heterocycles. The van der Waals surface area contributed by atoms with Gasteiger partial charge in [0.2, 0.25) is 5.75 Å². The molecule has 1 amide bonds. The summed E-state index contributed by atoms with van der Waals surface area (Å²) in [7, 11) is 4.42. The standard InChI is InChI=1S/C19H21NO6/c1-5-26-19(22)13-8-6-7-9-14(13)20-18(21)12-10-15(23-2)17(25-4)16(11-12)24-3/h6-11H,5H2,1-4H3,(H,20,21). The van der Waals surface area contributed by atoms with E-state index in [9.17, 15) is 9.59 Å². The zero-order chi connectivity index (χ0) is 19.1. The first-order valence-electron chi connectivity index (χ1n) is 7.93. The highest BCUT2D eigenvalue weighted by Crippen LogP contribution is 2.38. The molecule has 7 heteroatoms. The van der Waals surface area contributed by atoms with Crippen molar-refractivity contribution in [2.75, 3.05) is 33.3 Å². The lowest BCUT2D eigenvalue weighted by Crippen LogP contribution is -2.16. The van der Waals surface area contributed by atoms with Crippen LogP contribution in [0.2, 0.25) is 0 Å². The van der Waals surface area contributed by atoms with Crippen LogP contribution >= 0.6 is 0 Å². The Morgan fingerprint density at radius 3 is 2.12 bits per heavy atom. The number of carbonyl (C=O) groups is 2. The summed E-state index contributed by atoms with van der Waals surface area (Å²) < 4.78 is 20.8. The van der Waals surface area contributed by atoms with E-state index in [4.69, 9.17) is 18.9 Å². The summed E-state index contributed by atoms with van der Waals surface area (Å²) in [6, 6.07) is 9.69. The van der Waals surface area contributed by atoms with E-state index < -0.39 is 11.9 Å². The van der Waals surface area contributed by atoms with Crippen LogP contribution in [0.4, 0.5) is 5.69 Å². The van der Waals surface area contributed by atoms with Crippen LogP contribution < -0.4 is 19.5 Å². The molecule has 2 aromatic rings.